The van der Waals surface area contributed by atoms with Crippen LogP contribution in [0.1, 0.15) is 11.3 Å². The fourth-order valence-electron chi connectivity index (χ4n) is 2.15. The Kier molecular flexibility index (Phi) is 7.66. The van der Waals surface area contributed by atoms with E-state index in [9.17, 15) is 13.2 Å². The molecule has 0 amide bonds. The molecule has 0 saturated heterocycles. The lowest BCUT2D eigenvalue weighted by molar-refractivity contribution is -0.141. The minimum Gasteiger partial charge on any atom is -0.356 e. The Morgan fingerprint density at radius 2 is 1.78 bits per heavy atom. The summed E-state index contributed by atoms with van der Waals surface area (Å²) in [6.45, 7) is 1.44. The van der Waals surface area contributed by atoms with Gasteiger partial charge in [-0.15, -0.1) is 0 Å². The van der Waals surface area contributed by atoms with Gasteiger partial charge in [-0.1, -0.05) is 23.7 Å². The van der Waals surface area contributed by atoms with Crippen LogP contribution in [-0.2, 0) is 12.6 Å². The van der Waals surface area contributed by atoms with Crippen LogP contribution in [0.3, 0.4) is 0 Å². The Morgan fingerprint density at radius 1 is 1.07 bits per heavy atom. The van der Waals surface area contributed by atoms with Gasteiger partial charge in [0, 0.05) is 37.9 Å². The molecule has 0 spiro atoms. The number of hydrogen-bond donors (Lipinski definition) is 3. The number of nitrogens with one attached hydrogen (secondary N) is 3. The Morgan fingerprint density at radius 3 is 2.44 bits per heavy atom. The zero-order valence-corrected chi connectivity index (χ0v) is 15.4. The van der Waals surface area contributed by atoms with Crippen LogP contribution in [0.2, 0.25) is 5.02 Å². The molecule has 27 heavy (non-hydrogen) atoms. The third-order valence-electron chi connectivity index (χ3n) is 3.49. The number of alkyl halides is 3. The molecule has 2 rings (SSSR count). The maximum atomic E-state index is 12.6. The van der Waals surface area contributed by atoms with Crippen LogP contribution >= 0.6 is 11.6 Å². The van der Waals surface area contributed by atoms with Gasteiger partial charge in [-0.25, -0.2) is 9.97 Å². The second kappa shape index (κ2) is 9.96. The van der Waals surface area contributed by atoms with Crippen molar-refractivity contribution in [1.82, 2.24) is 20.6 Å². The van der Waals surface area contributed by atoms with E-state index >= 15 is 0 Å². The van der Waals surface area contributed by atoms with Crippen LogP contribution in [0, 0.1) is 0 Å². The summed E-state index contributed by atoms with van der Waals surface area (Å²) in [5, 5.41) is 9.66. The average molecular weight is 401 g/mol. The first kappa shape index (κ1) is 20.8. The van der Waals surface area contributed by atoms with Crippen molar-refractivity contribution in [3.05, 3.63) is 52.8 Å². The van der Waals surface area contributed by atoms with E-state index in [1.807, 2.05) is 24.3 Å². The number of nitrogens with zero attached hydrogens (tertiary/aromatic N) is 3. The van der Waals surface area contributed by atoms with Gasteiger partial charge in [0.1, 0.15) is 5.69 Å². The molecule has 0 bridgehead atoms. The van der Waals surface area contributed by atoms with Gasteiger partial charge in [0.05, 0.1) is 0 Å². The highest BCUT2D eigenvalue weighted by molar-refractivity contribution is 6.30. The molecule has 0 atom stereocenters. The summed E-state index contributed by atoms with van der Waals surface area (Å²) >= 11 is 5.85. The first-order valence-electron chi connectivity index (χ1n) is 8.21. The number of aliphatic imine (C=N–C) groups is 1. The van der Waals surface area contributed by atoms with Crippen LogP contribution in [-0.4, -0.2) is 42.6 Å². The Hall–Kier alpha value is -2.55. The van der Waals surface area contributed by atoms with Gasteiger partial charge >= 0.3 is 6.18 Å². The number of hydrogen-bond acceptors (Lipinski definition) is 4. The van der Waals surface area contributed by atoms with Gasteiger partial charge in [-0.3, -0.25) is 4.99 Å². The predicted molar refractivity (Wildman–Crippen MR) is 100 cm³/mol. The number of benzene rings is 1. The van der Waals surface area contributed by atoms with Gasteiger partial charge in [-0.05, 0) is 30.2 Å². The molecule has 0 aliphatic rings. The molecule has 0 saturated carbocycles. The van der Waals surface area contributed by atoms with E-state index in [4.69, 9.17) is 11.6 Å². The van der Waals surface area contributed by atoms with Gasteiger partial charge in [0.15, 0.2) is 5.96 Å². The number of anilines is 1. The number of aromatic nitrogens is 2. The monoisotopic (exact) mass is 400 g/mol. The molecule has 0 radical (unpaired) electrons. The summed E-state index contributed by atoms with van der Waals surface area (Å²) in [7, 11) is 1.64. The van der Waals surface area contributed by atoms with Crippen molar-refractivity contribution in [2.24, 2.45) is 4.99 Å². The van der Waals surface area contributed by atoms with Gasteiger partial charge in [-0.2, -0.15) is 13.2 Å². The van der Waals surface area contributed by atoms with Gasteiger partial charge < -0.3 is 16.0 Å². The summed E-state index contributed by atoms with van der Waals surface area (Å²) in [4.78, 5) is 11.3. The van der Waals surface area contributed by atoms with E-state index in [2.05, 4.69) is 30.9 Å². The zero-order chi connectivity index (χ0) is 19.7. The smallest absolute Gasteiger partial charge is 0.356 e. The third kappa shape index (κ3) is 7.30. The van der Waals surface area contributed by atoms with Crippen LogP contribution in [0.15, 0.2) is 41.5 Å². The Bertz CT molecular complexity index is 749. The Balaban J connectivity index is 1.69. The highest BCUT2D eigenvalue weighted by Crippen LogP contribution is 2.27. The first-order chi connectivity index (χ1) is 12.9. The van der Waals surface area contributed by atoms with E-state index in [-0.39, 0.29) is 5.95 Å². The summed E-state index contributed by atoms with van der Waals surface area (Å²) in [6.07, 6.45) is -2.62. The van der Waals surface area contributed by atoms with Crippen LogP contribution in [0.25, 0.3) is 0 Å². The summed E-state index contributed by atoms with van der Waals surface area (Å²) in [5.41, 5.74) is 0.165. The van der Waals surface area contributed by atoms with Crippen molar-refractivity contribution in [2.45, 2.75) is 12.6 Å². The van der Waals surface area contributed by atoms with E-state index in [1.165, 1.54) is 0 Å². The third-order valence-corrected chi connectivity index (χ3v) is 3.74. The molecule has 1 aromatic heterocycles. The summed E-state index contributed by atoms with van der Waals surface area (Å²) in [6, 6.07) is 8.42. The van der Waals surface area contributed by atoms with Crippen molar-refractivity contribution in [1.29, 1.82) is 0 Å². The van der Waals surface area contributed by atoms with Crippen molar-refractivity contribution in [3.8, 4) is 0 Å². The predicted octanol–water partition coefficient (Wildman–Crippen LogP) is 2.97. The zero-order valence-electron chi connectivity index (χ0n) is 14.6. The van der Waals surface area contributed by atoms with Crippen LogP contribution < -0.4 is 16.0 Å². The highest BCUT2D eigenvalue weighted by atomic mass is 35.5. The number of rotatable bonds is 7. The molecular formula is C17H20ClF3N6. The van der Waals surface area contributed by atoms with Gasteiger partial charge in [0.2, 0.25) is 5.95 Å². The lowest BCUT2D eigenvalue weighted by atomic mass is 10.1. The highest BCUT2D eigenvalue weighted by Gasteiger charge is 2.32. The lowest BCUT2D eigenvalue weighted by Gasteiger charge is -2.13. The standard InChI is InChI=1S/C17H20ClF3N6/c1-22-15(23-8-6-12-2-4-13(18)5-3-12)25-10-11-26-16-24-9-7-14(27-16)17(19,20)21/h2-5,7,9H,6,8,10-11H2,1H3,(H2,22,23,25)(H,24,26,27). The van der Waals surface area contributed by atoms with Crippen molar-refractivity contribution < 1.29 is 13.2 Å². The maximum absolute atomic E-state index is 12.6. The number of halogens is 4. The molecular weight excluding hydrogens is 381 g/mol. The minimum absolute atomic E-state index is 0.0719. The first-order valence-corrected chi connectivity index (χ1v) is 8.59. The summed E-state index contributed by atoms with van der Waals surface area (Å²) < 4.78 is 37.8. The van der Waals surface area contributed by atoms with E-state index in [0.717, 1.165) is 24.2 Å². The van der Waals surface area contributed by atoms with Gasteiger partial charge in [0.25, 0.3) is 0 Å². The lowest BCUT2D eigenvalue weighted by Crippen LogP contribution is -2.40. The minimum atomic E-state index is -4.49. The molecule has 6 nitrogen and oxygen atoms in total. The molecule has 0 fully saturated rings. The normalized spacial score (nSPS) is 12.0. The molecule has 0 unspecified atom stereocenters. The summed E-state index contributed by atoms with van der Waals surface area (Å²) in [5.74, 6) is 0.521. The van der Waals surface area contributed by atoms with Crippen LogP contribution in [0.4, 0.5) is 19.1 Å². The van der Waals surface area contributed by atoms with E-state index < -0.39 is 11.9 Å². The van der Waals surface area contributed by atoms with E-state index in [1.54, 1.807) is 7.05 Å². The largest absolute Gasteiger partial charge is 0.433 e. The van der Waals surface area contributed by atoms with Crippen molar-refractivity contribution in [3.63, 3.8) is 0 Å². The topological polar surface area (TPSA) is 74.2 Å². The number of guanidine groups is 1. The molecule has 10 heteroatoms. The SMILES string of the molecule is CN=C(NCCNc1nccc(C(F)(F)F)n1)NCCc1ccc(Cl)cc1. The Labute approximate surface area is 160 Å². The fourth-order valence-corrected chi connectivity index (χ4v) is 2.28. The van der Waals surface area contributed by atoms with Crippen LogP contribution in [0.5, 0.6) is 0 Å². The molecule has 146 valence electrons. The fraction of sp³-hybridized carbons (Fsp3) is 0.353. The molecule has 2 aromatic rings. The maximum Gasteiger partial charge on any atom is 0.433 e. The van der Waals surface area contributed by atoms with Crippen molar-refractivity contribution >= 4 is 23.5 Å². The molecule has 3 N–H and O–H groups in total. The average Bonchev–Trinajstić information content (AvgIpc) is 2.65. The quantitative estimate of drug-likeness (QED) is 0.378. The molecule has 1 heterocycles. The molecule has 0 aliphatic heterocycles. The molecule has 1 aromatic carbocycles. The second-order valence-corrected chi connectivity index (χ2v) is 5.93. The van der Waals surface area contributed by atoms with Crippen molar-refractivity contribution in [2.75, 3.05) is 32.0 Å². The molecule has 0 aliphatic carbocycles. The second-order valence-electron chi connectivity index (χ2n) is 5.49. The van der Waals surface area contributed by atoms with E-state index in [0.29, 0.717) is 30.6 Å².